The van der Waals surface area contributed by atoms with Crippen molar-refractivity contribution in [1.29, 1.82) is 0 Å². The van der Waals surface area contributed by atoms with Gasteiger partial charge in [-0.1, -0.05) is 19.3 Å². The lowest BCUT2D eigenvalue weighted by Gasteiger charge is -2.22. The van der Waals surface area contributed by atoms with Crippen LogP contribution in [0.15, 0.2) is 16.5 Å². The molecule has 94 valence electrons. The summed E-state index contributed by atoms with van der Waals surface area (Å²) in [5, 5.41) is 3.46. The Morgan fingerprint density at radius 1 is 1.41 bits per heavy atom. The topological polar surface area (TPSA) is 51.5 Å². The Morgan fingerprint density at radius 2 is 2.18 bits per heavy atom. The van der Waals surface area contributed by atoms with Crippen LogP contribution in [0.2, 0.25) is 0 Å². The molecule has 0 aromatic carbocycles. The molecule has 0 unspecified atom stereocenters. The summed E-state index contributed by atoms with van der Waals surface area (Å²) in [5.41, 5.74) is 0. The van der Waals surface area contributed by atoms with Crippen LogP contribution in [0.5, 0.6) is 0 Å². The van der Waals surface area contributed by atoms with Crippen LogP contribution in [0.4, 0.5) is 0 Å². The van der Waals surface area contributed by atoms with E-state index < -0.39 is 5.97 Å². The lowest BCUT2D eigenvalue weighted by Crippen LogP contribution is -2.30. The summed E-state index contributed by atoms with van der Waals surface area (Å²) < 4.78 is 9.98. The first-order chi connectivity index (χ1) is 8.29. The van der Waals surface area contributed by atoms with E-state index in [-0.39, 0.29) is 5.76 Å². The second-order valence-electron chi connectivity index (χ2n) is 4.47. The molecule has 1 aromatic rings. The maximum absolute atomic E-state index is 11.2. The lowest BCUT2D eigenvalue weighted by molar-refractivity contribution is 0.0562. The van der Waals surface area contributed by atoms with Gasteiger partial charge in [-0.2, -0.15) is 0 Å². The Morgan fingerprint density at radius 3 is 2.88 bits per heavy atom. The molecule has 1 aromatic heterocycles. The number of rotatable bonds is 4. The molecule has 1 fully saturated rings. The van der Waals surface area contributed by atoms with Crippen LogP contribution in [0.3, 0.4) is 0 Å². The average molecular weight is 237 g/mol. The molecular weight excluding hydrogens is 218 g/mol. The molecular formula is C13H19NO3. The molecule has 2 rings (SSSR count). The quantitative estimate of drug-likeness (QED) is 0.817. The highest BCUT2D eigenvalue weighted by atomic mass is 16.5. The Kier molecular flexibility index (Phi) is 4.20. The molecule has 0 aliphatic heterocycles. The summed E-state index contributed by atoms with van der Waals surface area (Å²) in [6.45, 7) is 0.682. The monoisotopic (exact) mass is 237 g/mol. The van der Waals surface area contributed by atoms with E-state index in [9.17, 15) is 4.79 Å². The highest BCUT2D eigenvalue weighted by Gasteiger charge is 2.14. The van der Waals surface area contributed by atoms with Crippen molar-refractivity contribution in [1.82, 2.24) is 5.32 Å². The molecule has 0 radical (unpaired) electrons. The van der Waals surface area contributed by atoms with Crippen molar-refractivity contribution in [3.05, 3.63) is 23.7 Å². The number of hydrogen-bond acceptors (Lipinski definition) is 4. The predicted molar refractivity (Wildman–Crippen MR) is 63.8 cm³/mol. The third-order valence-electron chi connectivity index (χ3n) is 3.22. The van der Waals surface area contributed by atoms with E-state index in [1.165, 1.54) is 39.2 Å². The number of furan rings is 1. The Labute approximate surface area is 101 Å². The van der Waals surface area contributed by atoms with Gasteiger partial charge < -0.3 is 14.5 Å². The SMILES string of the molecule is COC(=O)c1ccc(CNC2CCCCC2)o1. The minimum absolute atomic E-state index is 0.271. The van der Waals surface area contributed by atoms with Crippen molar-refractivity contribution in [2.45, 2.75) is 44.7 Å². The number of carbonyl (C=O) groups excluding carboxylic acids is 1. The van der Waals surface area contributed by atoms with Gasteiger partial charge in [0, 0.05) is 6.04 Å². The summed E-state index contributed by atoms with van der Waals surface area (Å²) in [7, 11) is 1.35. The van der Waals surface area contributed by atoms with Gasteiger partial charge >= 0.3 is 5.97 Å². The molecule has 0 bridgehead atoms. The zero-order valence-corrected chi connectivity index (χ0v) is 10.2. The minimum Gasteiger partial charge on any atom is -0.463 e. The molecule has 17 heavy (non-hydrogen) atoms. The first-order valence-electron chi connectivity index (χ1n) is 6.20. The van der Waals surface area contributed by atoms with Crippen LogP contribution in [0.25, 0.3) is 0 Å². The van der Waals surface area contributed by atoms with E-state index in [1.54, 1.807) is 6.07 Å². The van der Waals surface area contributed by atoms with E-state index >= 15 is 0 Å². The van der Waals surface area contributed by atoms with Gasteiger partial charge in [0.1, 0.15) is 5.76 Å². The molecule has 1 aliphatic rings. The van der Waals surface area contributed by atoms with Crippen LogP contribution in [-0.2, 0) is 11.3 Å². The van der Waals surface area contributed by atoms with Crippen molar-refractivity contribution in [2.24, 2.45) is 0 Å². The van der Waals surface area contributed by atoms with Crippen molar-refractivity contribution >= 4 is 5.97 Å². The zero-order valence-electron chi connectivity index (χ0n) is 10.2. The van der Waals surface area contributed by atoms with Gasteiger partial charge in [-0.3, -0.25) is 0 Å². The summed E-state index contributed by atoms with van der Waals surface area (Å²) >= 11 is 0. The van der Waals surface area contributed by atoms with Gasteiger partial charge in [-0.25, -0.2) is 4.79 Å². The standard InChI is InChI=1S/C13H19NO3/c1-16-13(15)12-8-7-11(17-12)9-14-10-5-3-2-4-6-10/h7-8,10,14H,2-6,9H2,1H3. The van der Waals surface area contributed by atoms with Crippen molar-refractivity contribution in [3.8, 4) is 0 Å². The zero-order chi connectivity index (χ0) is 12.1. The fraction of sp³-hybridized carbons (Fsp3) is 0.615. The van der Waals surface area contributed by atoms with Crippen molar-refractivity contribution < 1.29 is 13.9 Å². The Bertz CT molecular complexity index is 366. The fourth-order valence-corrected chi connectivity index (χ4v) is 2.23. The molecule has 1 heterocycles. The number of carbonyl (C=O) groups is 1. The summed E-state index contributed by atoms with van der Waals surface area (Å²) in [4.78, 5) is 11.2. The minimum atomic E-state index is -0.422. The predicted octanol–water partition coefficient (Wildman–Crippen LogP) is 2.49. The Hall–Kier alpha value is -1.29. The number of ether oxygens (including phenoxy) is 1. The highest BCUT2D eigenvalue weighted by Crippen LogP contribution is 2.18. The molecule has 4 heteroatoms. The Balaban J connectivity index is 1.82. The molecule has 1 saturated carbocycles. The molecule has 1 N–H and O–H groups in total. The van der Waals surface area contributed by atoms with Gasteiger partial charge in [-0.05, 0) is 25.0 Å². The average Bonchev–Trinajstić information content (AvgIpc) is 2.85. The van der Waals surface area contributed by atoms with Crippen LogP contribution in [-0.4, -0.2) is 19.1 Å². The summed E-state index contributed by atoms with van der Waals surface area (Å²) in [6.07, 6.45) is 6.45. The van der Waals surface area contributed by atoms with E-state index in [0.29, 0.717) is 12.6 Å². The fourth-order valence-electron chi connectivity index (χ4n) is 2.23. The number of esters is 1. The molecule has 4 nitrogen and oxygen atoms in total. The van der Waals surface area contributed by atoms with Crippen molar-refractivity contribution in [3.63, 3.8) is 0 Å². The van der Waals surface area contributed by atoms with E-state index in [4.69, 9.17) is 4.42 Å². The maximum Gasteiger partial charge on any atom is 0.373 e. The van der Waals surface area contributed by atoms with Crippen LogP contribution >= 0.6 is 0 Å². The summed E-state index contributed by atoms with van der Waals surface area (Å²) in [5.74, 6) is 0.637. The van der Waals surface area contributed by atoms with Crippen LogP contribution in [0, 0.1) is 0 Å². The number of nitrogens with one attached hydrogen (secondary N) is 1. The number of methoxy groups -OCH3 is 1. The van der Waals surface area contributed by atoms with Gasteiger partial charge in [0.15, 0.2) is 0 Å². The van der Waals surface area contributed by atoms with Gasteiger partial charge in [0.25, 0.3) is 0 Å². The highest BCUT2D eigenvalue weighted by molar-refractivity contribution is 5.86. The third-order valence-corrected chi connectivity index (χ3v) is 3.22. The van der Waals surface area contributed by atoms with Crippen LogP contribution in [0.1, 0.15) is 48.4 Å². The van der Waals surface area contributed by atoms with Crippen LogP contribution < -0.4 is 5.32 Å². The summed E-state index contributed by atoms with van der Waals surface area (Å²) in [6, 6.07) is 4.07. The largest absolute Gasteiger partial charge is 0.463 e. The van der Waals surface area contributed by atoms with E-state index in [0.717, 1.165) is 5.76 Å². The maximum atomic E-state index is 11.2. The third kappa shape index (κ3) is 3.33. The van der Waals surface area contributed by atoms with E-state index in [2.05, 4.69) is 10.1 Å². The molecule has 1 aliphatic carbocycles. The molecule has 0 saturated heterocycles. The smallest absolute Gasteiger partial charge is 0.373 e. The normalized spacial score (nSPS) is 17.0. The number of hydrogen-bond donors (Lipinski definition) is 1. The molecule has 0 atom stereocenters. The first-order valence-corrected chi connectivity index (χ1v) is 6.20. The molecule has 0 amide bonds. The van der Waals surface area contributed by atoms with Gasteiger partial charge in [0.2, 0.25) is 5.76 Å². The lowest BCUT2D eigenvalue weighted by atomic mass is 9.95. The molecule has 0 spiro atoms. The second kappa shape index (κ2) is 5.87. The van der Waals surface area contributed by atoms with Gasteiger partial charge in [-0.15, -0.1) is 0 Å². The van der Waals surface area contributed by atoms with Crippen molar-refractivity contribution in [2.75, 3.05) is 7.11 Å². The first kappa shape index (κ1) is 12.2. The van der Waals surface area contributed by atoms with E-state index in [1.807, 2.05) is 6.07 Å². The van der Waals surface area contributed by atoms with Gasteiger partial charge in [0.05, 0.1) is 13.7 Å². The second-order valence-corrected chi connectivity index (χ2v) is 4.47.